The van der Waals surface area contributed by atoms with Crippen molar-refractivity contribution in [1.82, 2.24) is 0 Å². The van der Waals surface area contributed by atoms with Crippen molar-refractivity contribution >= 4 is 47.3 Å². The Kier molecular flexibility index (Phi) is 8.97. The molecule has 0 spiro atoms. The molecule has 29 heavy (non-hydrogen) atoms. The topological polar surface area (TPSA) is 101 Å². The fourth-order valence-corrected chi connectivity index (χ4v) is 2.60. The molecule has 3 aromatic rings. The summed E-state index contributed by atoms with van der Waals surface area (Å²) in [5.74, 6) is 0.761. The summed E-state index contributed by atoms with van der Waals surface area (Å²) >= 11 is 0. The fourth-order valence-electron chi connectivity index (χ4n) is 2.60. The first-order chi connectivity index (χ1) is 13.7. The Labute approximate surface area is 188 Å². The van der Waals surface area contributed by atoms with E-state index in [1.54, 1.807) is 0 Å². The zero-order chi connectivity index (χ0) is 19.6. The number of guanidine groups is 2. The highest BCUT2D eigenvalue weighted by molar-refractivity contribution is 14.0. The second-order valence-corrected chi connectivity index (χ2v) is 6.20. The second-order valence-electron chi connectivity index (χ2n) is 6.20. The van der Waals surface area contributed by atoms with E-state index < -0.39 is 0 Å². The number of para-hydroxylation sites is 2. The van der Waals surface area contributed by atoms with E-state index >= 15 is 0 Å². The van der Waals surface area contributed by atoms with E-state index in [0.29, 0.717) is 25.0 Å². The SMILES string of the molecule is I.NC(=NCc1cccc(CN=C(N)Nc2ccccc2)c1)Nc1ccccc1. The predicted molar refractivity (Wildman–Crippen MR) is 133 cm³/mol. The Hall–Kier alpha value is -3.07. The van der Waals surface area contributed by atoms with Crippen LogP contribution in [0.2, 0.25) is 0 Å². The number of nitrogens with one attached hydrogen (secondary N) is 2. The fraction of sp³-hybridized carbons (Fsp3) is 0.0909. The third-order valence-electron chi connectivity index (χ3n) is 3.95. The van der Waals surface area contributed by atoms with E-state index in [2.05, 4.69) is 26.7 Å². The lowest BCUT2D eigenvalue weighted by Gasteiger charge is -2.07. The number of aliphatic imine (C=N–C) groups is 2. The summed E-state index contributed by atoms with van der Waals surface area (Å²) in [6.07, 6.45) is 0. The smallest absolute Gasteiger partial charge is 0.193 e. The van der Waals surface area contributed by atoms with Crippen LogP contribution < -0.4 is 22.1 Å². The van der Waals surface area contributed by atoms with Crippen molar-refractivity contribution in [2.45, 2.75) is 13.1 Å². The van der Waals surface area contributed by atoms with Crippen LogP contribution in [0, 0.1) is 0 Å². The van der Waals surface area contributed by atoms with Gasteiger partial charge in [-0.3, -0.25) is 0 Å². The van der Waals surface area contributed by atoms with Gasteiger partial charge < -0.3 is 22.1 Å². The monoisotopic (exact) mass is 500 g/mol. The number of anilines is 2. The van der Waals surface area contributed by atoms with Gasteiger partial charge in [-0.05, 0) is 35.4 Å². The van der Waals surface area contributed by atoms with Gasteiger partial charge in [0, 0.05) is 11.4 Å². The van der Waals surface area contributed by atoms with Gasteiger partial charge in [-0.25, -0.2) is 9.98 Å². The minimum absolute atomic E-state index is 0. The maximum atomic E-state index is 5.96. The van der Waals surface area contributed by atoms with Crippen molar-refractivity contribution in [3.05, 3.63) is 96.1 Å². The zero-order valence-corrected chi connectivity index (χ0v) is 18.3. The van der Waals surface area contributed by atoms with Crippen molar-refractivity contribution in [3.8, 4) is 0 Å². The third-order valence-corrected chi connectivity index (χ3v) is 3.95. The van der Waals surface area contributed by atoms with Crippen molar-refractivity contribution in [1.29, 1.82) is 0 Å². The number of nitrogens with zero attached hydrogens (tertiary/aromatic N) is 2. The molecule has 0 unspecified atom stereocenters. The maximum Gasteiger partial charge on any atom is 0.193 e. The summed E-state index contributed by atoms with van der Waals surface area (Å²) in [4.78, 5) is 8.78. The Morgan fingerprint density at radius 3 is 1.45 bits per heavy atom. The summed E-state index contributed by atoms with van der Waals surface area (Å²) in [5.41, 5.74) is 15.8. The molecule has 6 nitrogen and oxygen atoms in total. The number of nitrogens with two attached hydrogens (primary N) is 2. The average Bonchev–Trinajstić information content (AvgIpc) is 2.73. The summed E-state index contributed by atoms with van der Waals surface area (Å²) < 4.78 is 0. The molecule has 0 aromatic heterocycles. The number of hydrogen-bond donors (Lipinski definition) is 4. The van der Waals surface area contributed by atoms with Crippen molar-refractivity contribution in [2.24, 2.45) is 21.5 Å². The molecular weight excluding hydrogens is 475 g/mol. The lowest BCUT2D eigenvalue weighted by Crippen LogP contribution is -2.22. The standard InChI is InChI=1S/C22H24N6.HI/c23-21(27-19-10-3-1-4-11-19)25-15-17-8-7-9-18(14-17)16-26-22(24)28-20-12-5-2-6-13-20;/h1-14H,15-16H2,(H3,23,25,27)(H3,24,26,28);1H. The lowest BCUT2D eigenvalue weighted by molar-refractivity contribution is 1.02. The van der Waals surface area contributed by atoms with Crippen LogP contribution in [-0.4, -0.2) is 11.9 Å². The van der Waals surface area contributed by atoms with Gasteiger partial charge >= 0.3 is 0 Å². The van der Waals surface area contributed by atoms with Gasteiger partial charge in [-0.15, -0.1) is 24.0 Å². The van der Waals surface area contributed by atoms with Gasteiger partial charge in [0.05, 0.1) is 13.1 Å². The highest BCUT2D eigenvalue weighted by Gasteiger charge is 1.99. The van der Waals surface area contributed by atoms with Gasteiger partial charge in [-0.1, -0.05) is 60.7 Å². The largest absolute Gasteiger partial charge is 0.370 e. The minimum atomic E-state index is 0. The van der Waals surface area contributed by atoms with Crippen molar-refractivity contribution in [3.63, 3.8) is 0 Å². The van der Waals surface area contributed by atoms with Crippen LogP contribution in [0.3, 0.4) is 0 Å². The Morgan fingerprint density at radius 2 is 1.03 bits per heavy atom. The summed E-state index contributed by atoms with van der Waals surface area (Å²) in [6, 6.07) is 27.5. The van der Waals surface area contributed by atoms with Crippen molar-refractivity contribution < 1.29 is 0 Å². The van der Waals surface area contributed by atoms with E-state index in [-0.39, 0.29) is 24.0 Å². The molecule has 0 saturated carbocycles. The van der Waals surface area contributed by atoms with Crippen LogP contribution in [0.1, 0.15) is 11.1 Å². The quantitative estimate of drug-likeness (QED) is 0.232. The second kappa shape index (κ2) is 11.7. The predicted octanol–water partition coefficient (Wildman–Crippen LogP) is 4.16. The normalized spacial score (nSPS) is 11.4. The van der Waals surface area contributed by atoms with Crippen LogP contribution in [0.15, 0.2) is 94.9 Å². The third kappa shape index (κ3) is 7.82. The molecule has 0 aliphatic heterocycles. The molecule has 3 rings (SSSR count). The first-order valence-corrected chi connectivity index (χ1v) is 9.01. The molecule has 0 aliphatic carbocycles. The minimum Gasteiger partial charge on any atom is -0.370 e. The summed E-state index contributed by atoms with van der Waals surface area (Å²) in [5, 5.41) is 6.14. The molecule has 0 bridgehead atoms. The van der Waals surface area contributed by atoms with Gasteiger partial charge in [0.1, 0.15) is 0 Å². The van der Waals surface area contributed by atoms with Gasteiger partial charge in [0.15, 0.2) is 11.9 Å². The molecule has 7 heteroatoms. The highest BCUT2D eigenvalue weighted by atomic mass is 127. The number of hydrogen-bond acceptors (Lipinski definition) is 2. The molecule has 0 fully saturated rings. The molecule has 150 valence electrons. The van der Waals surface area contributed by atoms with Crippen LogP contribution in [-0.2, 0) is 13.1 Å². The van der Waals surface area contributed by atoms with Crippen LogP contribution >= 0.6 is 24.0 Å². The first kappa shape index (κ1) is 22.2. The van der Waals surface area contributed by atoms with Gasteiger partial charge in [-0.2, -0.15) is 0 Å². The average molecular weight is 500 g/mol. The van der Waals surface area contributed by atoms with Gasteiger partial charge in [0.25, 0.3) is 0 Å². The molecule has 0 radical (unpaired) electrons. The number of halogens is 1. The number of rotatable bonds is 6. The molecule has 0 amide bonds. The van der Waals surface area contributed by atoms with Crippen LogP contribution in [0.25, 0.3) is 0 Å². The number of benzene rings is 3. The first-order valence-electron chi connectivity index (χ1n) is 9.01. The lowest BCUT2D eigenvalue weighted by atomic mass is 10.1. The van der Waals surface area contributed by atoms with Gasteiger partial charge in [0.2, 0.25) is 0 Å². The van der Waals surface area contributed by atoms with E-state index in [1.807, 2.05) is 78.9 Å². The highest BCUT2D eigenvalue weighted by Crippen LogP contribution is 2.09. The van der Waals surface area contributed by atoms with Crippen molar-refractivity contribution in [2.75, 3.05) is 10.6 Å². The maximum absolute atomic E-state index is 5.96. The summed E-state index contributed by atoms with van der Waals surface area (Å²) in [7, 11) is 0. The zero-order valence-electron chi connectivity index (χ0n) is 16.0. The molecule has 0 aliphatic rings. The van der Waals surface area contributed by atoms with E-state index in [1.165, 1.54) is 0 Å². The van der Waals surface area contributed by atoms with E-state index in [0.717, 1.165) is 22.5 Å². The molecule has 3 aromatic carbocycles. The van der Waals surface area contributed by atoms with Crippen LogP contribution in [0.5, 0.6) is 0 Å². The van der Waals surface area contributed by atoms with E-state index in [4.69, 9.17) is 11.5 Å². The Bertz CT molecular complexity index is 867. The Balaban J connectivity index is 0.00000300. The molecule has 0 heterocycles. The molecule has 0 atom stereocenters. The molecule has 6 N–H and O–H groups in total. The Morgan fingerprint density at radius 1 is 0.621 bits per heavy atom. The summed E-state index contributed by atoms with van der Waals surface area (Å²) in [6.45, 7) is 0.974. The van der Waals surface area contributed by atoms with E-state index in [9.17, 15) is 0 Å². The molecular formula is C22H25IN6. The van der Waals surface area contributed by atoms with Crippen LogP contribution in [0.4, 0.5) is 11.4 Å². The molecule has 0 saturated heterocycles.